The molecule has 0 saturated carbocycles. The van der Waals surface area contributed by atoms with E-state index in [1.54, 1.807) is 0 Å². The van der Waals surface area contributed by atoms with Crippen molar-refractivity contribution in [3.8, 4) is 22.4 Å². The van der Waals surface area contributed by atoms with Gasteiger partial charge in [-0.1, -0.05) is 49.5 Å². The number of pyridine rings is 1. The van der Waals surface area contributed by atoms with Crippen molar-refractivity contribution in [1.82, 2.24) is 4.98 Å². The molecule has 0 saturated heterocycles. The standard InChI is InChI=1S/C26H21NOSi/c1-16-11-12-27-22(13-16)19-9-6-8-18-20-14-21-17-7-4-5-10-24(17)29(2,3)25(21)15-23(20)28-26(18)19/h4-15H,1-3H3. The van der Waals surface area contributed by atoms with Crippen LogP contribution in [0.25, 0.3) is 44.3 Å². The lowest BCUT2D eigenvalue weighted by molar-refractivity contribution is 0.670. The van der Waals surface area contributed by atoms with Crippen LogP contribution >= 0.6 is 0 Å². The number of aryl methyl sites for hydroxylation is 1. The summed E-state index contributed by atoms with van der Waals surface area (Å²) in [7, 11) is -1.70. The number of rotatable bonds is 1. The van der Waals surface area contributed by atoms with Crippen molar-refractivity contribution in [3.05, 3.63) is 78.5 Å². The number of nitrogens with zero attached hydrogens (tertiary/aromatic N) is 1. The summed E-state index contributed by atoms with van der Waals surface area (Å²) in [6, 6.07) is 24.1. The molecule has 0 spiro atoms. The highest BCUT2D eigenvalue weighted by Gasteiger charge is 2.37. The Morgan fingerprint density at radius 2 is 1.59 bits per heavy atom. The summed E-state index contributed by atoms with van der Waals surface area (Å²) < 4.78 is 6.48. The Kier molecular flexibility index (Phi) is 3.28. The summed E-state index contributed by atoms with van der Waals surface area (Å²) in [5.41, 5.74) is 7.90. The molecule has 1 aliphatic heterocycles. The number of fused-ring (bicyclic) bond motifs is 6. The molecule has 3 heterocycles. The minimum absolute atomic E-state index is 0.928. The summed E-state index contributed by atoms with van der Waals surface area (Å²) in [6.07, 6.45) is 1.87. The van der Waals surface area contributed by atoms with Crippen LogP contribution in [0.3, 0.4) is 0 Å². The van der Waals surface area contributed by atoms with Crippen LogP contribution in [-0.2, 0) is 0 Å². The Bertz CT molecular complexity index is 1440. The van der Waals surface area contributed by atoms with Gasteiger partial charge in [-0.25, -0.2) is 0 Å². The van der Waals surface area contributed by atoms with E-state index < -0.39 is 8.07 Å². The number of aromatic nitrogens is 1. The van der Waals surface area contributed by atoms with Crippen LogP contribution in [-0.4, -0.2) is 13.1 Å². The summed E-state index contributed by atoms with van der Waals surface area (Å²) in [5, 5.41) is 5.35. The van der Waals surface area contributed by atoms with Crippen LogP contribution < -0.4 is 10.4 Å². The molecule has 140 valence electrons. The molecule has 2 nitrogen and oxygen atoms in total. The Hall–Kier alpha value is -3.17. The van der Waals surface area contributed by atoms with Gasteiger partial charge in [0.25, 0.3) is 0 Å². The molecule has 1 aliphatic rings. The minimum Gasteiger partial charge on any atom is -0.455 e. The fourth-order valence-corrected chi connectivity index (χ4v) is 7.94. The van der Waals surface area contributed by atoms with Crippen molar-refractivity contribution in [1.29, 1.82) is 0 Å². The third-order valence-electron chi connectivity index (χ3n) is 6.39. The number of para-hydroxylation sites is 1. The maximum atomic E-state index is 6.48. The molecule has 29 heavy (non-hydrogen) atoms. The Labute approximate surface area is 170 Å². The molecule has 0 N–H and O–H groups in total. The SMILES string of the molecule is Cc1ccnc(-c2cccc3c2oc2cc4c(cc23)-c2ccccc2[Si]4(C)C)c1. The van der Waals surface area contributed by atoms with Gasteiger partial charge in [0.1, 0.15) is 19.2 Å². The van der Waals surface area contributed by atoms with Gasteiger partial charge in [-0.2, -0.15) is 0 Å². The summed E-state index contributed by atoms with van der Waals surface area (Å²) in [4.78, 5) is 4.59. The number of benzene rings is 3. The number of furan rings is 1. The highest BCUT2D eigenvalue weighted by Crippen LogP contribution is 2.38. The van der Waals surface area contributed by atoms with Gasteiger partial charge in [0.15, 0.2) is 0 Å². The Balaban J connectivity index is 1.68. The van der Waals surface area contributed by atoms with Gasteiger partial charge in [-0.3, -0.25) is 4.98 Å². The minimum atomic E-state index is -1.70. The van der Waals surface area contributed by atoms with Crippen molar-refractivity contribution in [2.45, 2.75) is 20.0 Å². The van der Waals surface area contributed by atoms with Crippen molar-refractivity contribution in [2.75, 3.05) is 0 Å². The van der Waals surface area contributed by atoms with E-state index >= 15 is 0 Å². The molecule has 0 aliphatic carbocycles. The van der Waals surface area contributed by atoms with Crippen LogP contribution in [0, 0.1) is 6.92 Å². The molecule has 6 rings (SSSR count). The molecule has 0 amide bonds. The fourth-order valence-electron chi connectivity index (χ4n) is 4.88. The number of hydrogen-bond donors (Lipinski definition) is 0. The Morgan fingerprint density at radius 1 is 0.759 bits per heavy atom. The lowest BCUT2D eigenvalue weighted by atomic mass is 10.0. The van der Waals surface area contributed by atoms with E-state index in [1.165, 1.54) is 32.5 Å². The molecule has 0 unspecified atom stereocenters. The van der Waals surface area contributed by atoms with E-state index in [1.807, 2.05) is 12.3 Å². The van der Waals surface area contributed by atoms with Gasteiger partial charge in [0.2, 0.25) is 0 Å². The zero-order chi connectivity index (χ0) is 19.8. The second-order valence-electron chi connectivity index (χ2n) is 8.57. The second-order valence-corrected chi connectivity index (χ2v) is 12.9. The van der Waals surface area contributed by atoms with Crippen LogP contribution in [0.15, 0.2) is 77.3 Å². The van der Waals surface area contributed by atoms with Gasteiger partial charge in [-0.05, 0) is 64.3 Å². The quantitative estimate of drug-likeness (QED) is 0.340. The topological polar surface area (TPSA) is 26.0 Å². The molecule has 0 atom stereocenters. The summed E-state index contributed by atoms with van der Waals surface area (Å²) in [5.74, 6) is 0. The first-order chi connectivity index (χ1) is 14.0. The second kappa shape index (κ2) is 5.68. The molecule has 0 radical (unpaired) electrons. The van der Waals surface area contributed by atoms with E-state index in [0.29, 0.717) is 0 Å². The van der Waals surface area contributed by atoms with Gasteiger partial charge < -0.3 is 4.42 Å². The fraction of sp³-hybridized carbons (Fsp3) is 0.115. The lowest BCUT2D eigenvalue weighted by Gasteiger charge is -2.18. The smallest absolute Gasteiger partial charge is 0.144 e. The van der Waals surface area contributed by atoms with E-state index in [0.717, 1.165) is 27.8 Å². The van der Waals surface area contributed by atoms with E-state index in [9.17, 15) is 0 Å². The summed E-state index contributed by atoms with van der Waals surface area (Å²) >= 11 is 0. The van der Waals surface area contributed by atoms with Gasteiger partial charge in [0.05, 0.1) is 5.69 Å². The predicted octanol–water partition coefficient (Wildman–Crippen LogP) is 5.76. The van der Waals surface area contributed by atoms with Gasteiger partial charge in [0, 0.05) is 22.5 Å². The molecular formula is C26H21NOSi. The molecular weight excluding hydrogens is 370 g/mol. The van der Waals surface area contributed by atoms with E-state index in [4.69, 9.17) is 4.42 Å². The van der Waals surface area contributed by atoms with Crippen LogP contribution in [0.2, 0.25) is 13.1 Å². The molecule has 3 heteroatoms. The molecule has 3 aromatic carbocycles. The van der Waals surface area contributed by atoms with E-state index in [2.05, 4.69) is 85.7 Å². The Morgan fingerprint density at radius 3 is 2.45 bits per heavy atom. The predicted molar refractivity (Wildman–Crippen MR) is 124 cm³/mol. The normalized spacial score (nSPS) is 14.3. The zero-order valence-electron chi connectivity index (χ0n) is 16.8. The molecule has 0 fully saturated rings. The maximum Gasteiger partial charge on any atom is 0.144 e. The molecule has 5 aromatic rings. The highest BCUT2D eigenvalue weighted by molar-refractivity contribution is 7.03. The average molecular weight is 392 g/mol. The first-order valence-corrected chi connectivity index (χ1v) is 13.1. The maximum absolute atomic E-state index is 6.48. The van der Waals surface area contributed by atoms with Gasteiger partial charge in [-0.15, -0.1) is 0 Å². The average Bonchev–Trinajstić information content (AvgIpc) is 3.20. The van der Waals surface area contributed by atoms with Crippen LogP contribution in [0.5, 0.6) is 0 Å². The van der Waals surface area contributed by atoms with Crippen molar-refractivity contribution in [3.63, 3.8) is 0 Å². The third-order valence-corrected chi connectivity index (χ3v) is 9.94. The summed E-state index contributed by atoms with van der Waals surface area (Å²) in [6.45, 7) is 6.97. The monoisotopic (exact) mass is 391 g/mol. The van der Waals surface area contributed by atoms with Crippen LogP contribution in [0.1, 0.15) is 5.56 Å². The van der Waals surface area contributed by atoms with E-state index in [-0.39, 0.29) is 0 Å². The number of hydrogen-bond acceptors (Lipinski definition) is 2. The first-order valence-electron chi connectivity index (χ1n) is 10.1. The molecule has 2 aromatic heterocycles. The first kappa shape index (κ1) is 16.8. The van der Waals surface area contributed by atoms with Crippen molar-refractivity contribution in [2.24, 2.45) is 0 Å². The largest absolute Gasteiger partial charge is 0.455 e. The highest BCUT2D eigenvalue weighted by atomic mass is 28.3. The van der Waals surface area contributed by atoms with Crippen molar-refractivity contribution < 1.29 is 4.42 Å². The van der Waals surface area contributed by atoms with Crippen LogP contribution in [0.4, 0.5) is 0 Å². The lowest BCUT2D eigenvalue weighted by Crippen LogP contribution is -2.49. The van der Waals surface area contributed by atoms with Gasteiger partial charge >= 0.3 is 0 Å². The zero-order valence-corrected chi connectivity index (χ0v) is 17.8. The molecule has 0 bridgehead atoms. The third kappa shape index (κ3) is 2.25. The van der Waals surface area contributed by atoms with Crippen molar-refractivity contribution >= 4 is 40.4 Å².